The Balaban J connectivity index is 1.61. The zero-order valence-electron chi connectivity index (χ0n) is 12.5. The highest BCUT2D eigenvalue weighted by atomic mass is 16.1. The standard InChI is InChI=1S/C19H23NO/c21-18(9-8-15-10-12-20-13-11-15)14-17-6-3-5-16-4-1-2-7-19(16)17/h1-7,15,20H,8-14H2. The first kappa shape index (κ1) is 14.3. The molecule has 0 aromatic heterocycles. The monoisotopic (exact) mass is 281 g/mol. The number of piperidine rings is 1. The van der Waals surface area contributed by atoms with Crippen molar-refractivity contribution in [1.29, 1.82) is 0 Å². The summed E-state index contributed by atoms with van der Waals surface area (Å²) in [6.07, 6.45) is 4.81. The van der Waals surface area contributed by atoms with Crippen molar-refractivity contribution in [2.24, 2.45) is 5.92 Å². The van der Waals surface area contributed by atoms with Crippen LogP contribution in [0.2, 0.25) is 0 Å². The fraction of sp³-hybridized carbons (Fsp3) is 0.421. The van der Waals surface area contributed by atoms with E-state index in [1.807, 2.05) is 12.1 Å². The van der Waals surface area contributed by atoms with Gasteiger partial charge >= 0.3 is 0 Å². The van der Waals surface area contributed by atoms with Gasteiger partial charge in [-0.25, -0.2) is 0 Å². The van der Waals surface area contributed by atoms with Gasteiger partial charge in [-0.15, -0.1) is 0 Å². The smallest absolute Gasteiger partial charge is 0.137 e. The van der Waals surface area contributed by atoms with Gasteiger partial charge in [0, 0.05) is 12.8 Å². The van der Waals surface area contributed by atoms with Gasteiger partial charge in [-0.2, -0.15) is 0 Å². The van der Waals surface area contributed by atoms with E-state index in [1.165, 1.54) is 29.2 Å². The maximum Gasteiger partial charge on any atom is 0.137 e. The first-order valence-electron chi connectivity index (χ1n) is 8.02. The Morgan fingerprint density at radius 2 is 1.81 bits per heavy atom. The van der Waals surface area contributed by atoms with Crippen LogP contribution in [-0.4, -0.2) is 18.9 Å². The summed E-state index contributed by atoms with van der Waals surface area (Å²) in [5.74, 6) is 1.12. The summed E-state index contributed by atoms with van der Waals surface area (Å²) in [6, 6.07) is 14.6. The van der Waals surface area contributed by atoms with Gasteiger partial charge in [-0.1, -0.05) is 42.5 Å². The highest BCUT2D eigenvalue weighted by Gasteiger charge is 2.15. The zero-order valence-corrected chi connectivity index (χ0v) is 12.5. The minimum Gasteiger partial charge on any atom is -0.317 e. The van der Waals surface area contributed by atoms with Gasteiger partial charge in [0.1, 0.15) is 5.78 Å². The number of benzene rings is 2. The number of fused-ring (bicyclic) bond motifs is 1. The molecule has 1 fully saturated rings. The van der Waals surface area contributed by atoms with Crippen molar-refractivity contribution in [3.63, 3.8) is 0 Å². The van der Waals surface area contributed by atoms with Gasteiger partial charge in [-0.05, 0) is 54.6 Å². The van der Waals surface area contributed by atoms with Crippen LogP contribution in [0.4, 0.5) is 0 Å². The summed E-state index contributed by atoms with van der Waals surface area (Å²) in [5.41, 5.74) is 1.17. The molecule has 3 rings (SSSR count). The van der Waals surface area contributed by atoms with E-state index in [2.05, 4.69) is 35.6 Å². The Kier molecular flexibility index (Phi) is 4.66. The van der Waals surface area contributed by atoms with E-state index in [-0.39, 0.29) is 0 Å². The van der Waals surface area contributed by atoms with Gasteiger partial charge in [-0.3, -0.25) is 4.79 Å². The van der Waals surface area contributed by atoms with Crippen LogP contribution in [0.25, 0.3) is 10.8 Å². The van der Waals surface area contributed by atoms with Crippen molar-refractivity contribution < 1.29 is 4.79 Å². The third-order valence-corrected chi connectivity index (χ3v) is 4.56. The first-order chi connectivity index (χ1) is 10.3. The first-order valence-corrected chi connectivity index (χ1v) is 8.02. The quantitative estimate of drug-likeness (QED) is 0.904. The predicted octanol–water partition coefficient (Wildman–Crippen LogP) is 3.73. The van der Waals surface area contributed by atoms with Gasteiger partial charge in [0.05, 0.1) is 0 Å². The molecular weight excluding hydrogens is 258 g/mol. The number of ketones is 1. The number of carbonyl (C=O) groups is 1. The van der Waals surface area contributed by atoms with Crippen LogP contribution in [0, 0.1) is 5.92 Å². The number of rotatable bonds is 5. The molecule has 0 radical (unpaired) electrons. The van der Waals surface area contributed by atoms with Crippen LogP contribution in [0.1, 0.15) is 31.2 Å². The van der Waals surface area contributed by atoms with Crippen LogP contribution in [0.5, 0.6) is 0 Å². The van der Waals surface area contributed by atoms with Crippen LogP contribution in [0.15, 0.2) is 42.5 Å². The molecule has 110 valence electrons. The molecule has 0 aliphatic carbocycles. The number of carbonyl (C=O) groups excluding carboxylic acids is 1. The topological polar surface area (TPSA) is 29.1 Å². The van der Waals surface area contributed by atoms with Crippen LogP contribution >= 0.6 is 0 Å². The Bertz CT molecular complexity index is 608. The lowest BCUT2D eigenvalue weighted by Crippen LogP contribution is -2.28. The molecule has 0 amide bonds. The molecule has 1 saturated heterocycles. The van der Waals surface area contributed by atoms with Gasteiger partial charge < -0.3 is 5.32 Å². The molecule has 0 bridgehead atoms. The highest BCUT2D eigenvalue weighted by molar-refractivity contribution is 5.90. The van der Waals surface area contributed by atoms with Crippen LogP contribution < -0.4 is 5.32 Å². The normalized spacial score (nSPS) is 16.2. The Morgan fingerprint density at radius 1 is 1.05 bits per heavy atom. The zero-order chi connectivity index (χ0) is 14.5. The maximum absolute atomic E-state index is 12.3. The summed E-state index contributed by atoms with van der Waals surface area (Å²) in [5, 5.41) is 5.82. The molecule has 1 heterocycles. The average Bonchev–Trinajstić information content (AvgIpc) is 2.54. The average molecular weight is 281 g/mol. The number of hydrogen-bond acceptors (Lipinski definition) is 2. The second kappa shape index (κ2) is 6.86. The Labute approximate surface area is 126 Å². The molecule has 2 heteroatoms. The van der Waals surface area contributed by atoms with E-state index in [0.29, 0.717) is 12.2 Å². The third kappa shape index (κ3) is 3.70. The second-order valence-corrected chi connectivity index (χ2v) is 6.09. The van der Waals surface area contributed by atoms with E-state index in [4.69, 9.17) is 0 Å². The Morgan fingerprint density at radius 3 is 2.67 bits per heavy atom. The lowest BCUT2D eigenvalue weighted by molar-refractivity contribution is -0.118. The second-order valence-electron chi connectivity index (χ2n) is 6.09. The minimum absolute atomic E-state index is 0.380. The molecule has 1 N–H and O–H groups in total. The lowest BCUT2D eigenvalue weighted by atomic mass is 9.91. The van der Waals surface area contributed by atoms with Crippen LogP contribution in [-0.2, 0) is 11.2 Å². The fourth-order valence-electron chi connectivity index (χ4n) is 3.28. The molecule has 0 spiro atoms. The molecule has 2 aromatic rings. The van der Waals surface area contributed by atoms with Gasteiger partial charge in [0.15, 0.2) is 0 Å². The van der Waals surface area contributed by atoms with E-state index in [1.54, 1.807) is 0 Å². The number of nitrogens with one attached hydrogen (secondary N) is 1. The molecule has 2 aromatic carbocycles. The molecule has 0 unspecified atom stereocenters. The lowest BCUT2D eigenvalue weighted by Gasteiger charge is -2.22. The molecule has 2 nitrogen and oxygen atoms in total. The van der Waals surface area contributed by atoms with E-state index >= 15 is 0 Å². The molecule has 0 atom stereocenters. The summed E-state index contributed by atoms with van der Waals surface area (Å²) in [7, 11) is 0. The van der Waals surface area contributed by atoms with Gasteiger partial charge in [0.25, 0.3) is 0 Å². The van der Waals surface area contributed by atoms with Crippen molar-refractivity contribution >= 4 is 16.6 Å². The molecular formula is C19H23NO. The van der Waals surface area contributed by atoms with Crippen LogP contribution in [0.3, 0.4) is 0 Å². The predicted molar refractivity (Wildman–Crippen MR) is 87.5 cm³/mol. The van der Waals surface area contributed by atoms with Gasteiger partial charge in [0.2, 0.25) is 0 Å². The van der Waals surface area contributed by atoms with Crippen molar-refractivity contribution in [2.75, 3.05) is 13.1 Å². The fourth-order valence-corrected chi connectivity index (χ4v) is 3.28. The summed E-state index contributed by atoms with van der Waals surface area (Å²) in [4.78, 5) is 12.3. The van der Waals surface area contributed by atoms with E-state index in [0.717, 1.165) is 31.8 Å². The summed E-state index contributed by atoms with van der Waals surface area (Å²) >= 11 is 0. The van der Waals surface area contributed by atoms with Crippen molar-refractivity contribution in [3.8, 4) is 0 Å². The van der Waals surface area contributed by atoms with E-state index < -0.39 is 0 Å². The summed E-state index contributed by atoms with van der Waals surface area (Å²) in [6.45, 7) is 2.23. The molecule has 0 saturated carbocycles. The molecule has 21 heavy (non-hydrogen) atoms. The Hall–Kier alpha value is -1.67. The maximum atomic E-state index is 12.3. The third-order valence-electron chi connectivity index (χ3n) is 4.56. The number of Topliss-reactive ketones (excluding diaryl/α,β-unsaturated/α-hetero) is 1. The molecule has 1 aliphatic rings. The minimum atomic E-state index is 0.380. The van der Waals surface area contributed by atoms with Crippen molar-refractivity contribution in [2.45, 2.75) is 32.1 Å². The SMILES string of the molecule is O=C(CCC1CCNCC1)Cc1cccc2ccccc12. The molecule has 1 aliphatic heterocycles. The highest BCUT2D eigenvalue weighted by Crippen LogP contribution is 2.21. The van der Waals surface area contributed by atoms with Crippen molar-refractivity contribution in [1.82, 2.24) is 5.32 Å². The number of hydrogen-bond donors (Lipinski definition) is 1. The van der Waals surface area contributed by atoms with E-state index in [9.17, 15) is 4.79 Å². The van der Waals surface area contributed by atoms with Crippen molar-refractivity contribution in [3.05, 3.63) is 48.0 Å². The largest absolute Gasteiger partial charge is 0.317 e. The summed E-state index contributed by atoms with van der Waals surface area (Å²) < 4.78 is 0.